The number of phenolic OH excluding ortho intramolecular Hbond substituents is 1. The maximum Gasteiger partial charge on any atom is 0.246 e. The van der Waals surface area contributed by atoms with E-state index in [0.29, 0.717) is 5.56 Å². The first-order valence-corrected chi connectivity index (χ1v) is 7.65. The molecular formula is C18H18F2N2O3. The Labute approximate surface area is 143 Å². The smallest absolute Gasteiger partial charge is 0.246 e. The molecule has 0 saturated heterocycles. The summed E-state index contributed by atoms with van der Waals surface area (Å²) in [6.07, 6.45) is 0.297. The minimum atomic E-state index is -1.14. The molecule has 7 heteroatoms. The number of halogens is 2. The third kappa shape index (κ3) is 4.76. The minimum absolute atomic E-state index is 0.0226. The van der Waals surface area contributed by atoms with Gasteiger partial charge in [0.25, 0.3) is 0 Å². The van der Waals surface area contributed by atoms with Gasteiger partial charge in [-0.25, -0.2) is 8.78 Å². The maximum atomic E-state index is 13.4. The zero-order chi connectivity index (χ0) is 18.4. The van der Waals surface area contributed by atoms with Crippen molar-refractivity contribution in [1.29, 1.82) is 0 Å². The lowest BCUT2D eigenvalue weighted by Gasteiger charge is -2.18. The Balaban J connectivity index is 2.08. The van der Waals surface area contributed by atoms with Crippen molar-refractivity contribution in [3.05, 3.63) is 65.2 Å². The molecule has 1 atom stereocenters. The number of carbonyl (C=O) groups is 2. The molecule has 0 radical (unpaired) electrons. The SMILES string of the molecule is CNC(=O)C(NC(=O)CCc1ccccc1O)c1ccc(F)c(F)c1. The number of amides is 2. The summed E-state index contributed by atoms with van der Waals surface area (Å²) in [5, 5.41) is 14.6. The second-order valence-electron chi connectivity index (χ2n) is 5.42. The summed E-state index contributed by atoms with van der Waals surface area (Å²) in [5.74, 6) is -3.07. The standard InChI is InChI=1S/C18H18F2N2O3/c1-21-18(25)17(12-6-8-13(19)14(20)10-12)22-16(24)9-7-11-4-2-3-5-15(11)23/h2-6,8,10,17,23H,7,9H2,1H3,(H,21,25)(H,22,24). The molecule has 2 amide bonds. The number of para-hydroxylation sites is 1. The summed E-state index contributed by atoms with van der Waals surface area (Å²) in [5.41, 5.74) is 0.733. The van der Waals surface area contributed by atoms with Crippen LogP contribution in [0.5, 0.6) is 5.75 Å². The predicted octanol–water partition coefficient (Wildman–Crippen LogP) is 2.21. The van der Waals surface area contributed by atoms with E-state index in [1.54, 1.807) is 18.2 Å². The fraction of sp³-hybridized carbons (Fsp3) is 0.222. The van der Waals surface area contributed by atoms with Crippen molar-refractivity contribution >= 4 is 11.8 Å². The number of carbonyl (C=O) groups excluding carboxylic acids is 2. The van der Waals surface area contributed by atoms with E-state index in [2.05, 4.69) is 10.6 Å². The van der Waals surface area contributed by atoms with Gasteiger partial charge in [0, 0.05) is 13.5 Å². The summed E-state index contributed by atoms with van der Waals surface area (Å²) in [6.45, 7) is 0. The Kier molecular flexibility index (Phi) is 6.05. The number of phenols is 1. The van der Waals surface area contributed by atoms with Crippen LogP contribution in [0.2, 0.25) is 0 Å². The van der Waals surface area contributed by atoms with Crippen molar-refractivity contribution in [1.82, 2.24) is 10.6 Å². The third-order valence-electron chi connectivity index (χ3n) is 3.70. The van der Waals surface area contributed by atoms with E-state index in [4.69, 9.17) is 0 Å². The lowest BCUT2D eigenvalue weighted by molar-refractivity contribution is -0.128. The van der Waals surface area contributed by atoms with Crippen LogP contribution in [-0.2, 0) is 16.0 Å². The maximum absolute atomic E-state index is 13.4. The van der Waals surface area contributed by atoms with Gasteiger partial charge >= 0.3 is 0 Å². The Bertz CT molecular complexity index is 781. The fourth-order valence-corrected chi connectivity index (χ4v) is 2.34. The van der Waals surface area contributed by atoms with Crippen LogP contribution in [0, 0.1) is 11.6 Å². The van der Waals surface area contributed by atoms with Gasteiger partial charge in [-0.05, 0) is 35.7 Å². The van der Waals surface area contributed by atoms with Gasteiger partial charge in [-0.3, -0.25) is 9.59 Å². The zero-order valence-corrected chi connectivity index (χ0v) is 13.6. The van der Waals surface area contributed by atoms with Gasteiger partial charge < -0.3 is 15.7 Å². The average Bonchev–Trinajstić information content (AvgIpc) is 2.61. The van der Waals surface area contributed by atoms with Gasteiger partial charge in [-0.15, -0.1) is 0 Å². The molecule has 0 aliphatic carbocycles. The number of likely N-dealkylation sites (N-methyl/N-ethyl adjacent to an activating group) is 1. The summed E-state index contributed by atoms with van der Waals surface area (Å²) in [4.78, 5) is 24.1. The van der Waals surface area contributed by atoms with E-state index in [0.717, 1.165) is 12.1 Å². The summed E-state index contributed by atoms with van der Waals surface area (Å²) in [7, 11) is 1.38. The highest BCUT2D eigenvalue weighted by Crippen LogP contribution is 2.19. The molecule has 2 aromatic rings. The Morgan fingerprint density at radius 2 is 1.84 bits per heavy atom. The molecule has 0 heterocycles. The third-order valence-corrected chi connectivity index (χ3v) is 3.70. The highest BCUT2D eigenvalue weighted by molar-refractivity contribution is 5.88. The molecule has 0 saturated carbocycles. The molecular weight excluding hydrogens is 330 g/mol. The molecule has 2 rings (SSSR count). The average molecular weight is 348 g/mol. The van der Waals surface area contributed by atoms with Gasteiger partial charge in [0.2, 0.25) is 11.8 Å². The predicted molar refractivity (Wildman–Crippen MR) is 87.7 cm³/mol. The van der Waals surface area contributed by atoms with E-state index < -0.39 is 29.5 Å². The Morgan fingerprint density at radius 1 is 1.12 bits per heavy atom. The topological polar surface area (TPSA) is 78.4 Å². The van der Waals surface area contributed by atoms with Crippen LogP contribution in [0.3, 0.4) is 0 Å². The molecule has 1 unspecified atom stereocenters. The van der Waals surface area contributed by atoms with E-state index in [9.17, 15) is 23.5 Å². The molecule has 0 bridgehead atoms. The van der Waals surface area contributed by atoms with Gasteiger partial charge in [-0.2, -0.15) is 0 Å². The fourth-order valence-electron chi connectivity index (χ4n) is 2.34. The molecule has 3 N–H and O–H groups in total. The normalized spacial score (nSPS) is 11.6. The van der Waals surface area contributed by atoms with Crippen molar-refractivity contribution in [3.8, 4) is 5.75 Å². The molecule has 2 aromatic carbocycles. The second-order valence-corrected chi connectivity index (χ2v) is 5.42. The number of hydrogen-bond acceptors (Lipinski definition) is 3. The number of aromatic hydroxyl groups is 1. The van der Waals surface area contributed by atoms with Crippen molar-refractivity contribution < 1.29 is 23.5 Å². The van der Waals surface area contributed by atoms with Crippen LogP contribution in [0.25, 0.3) is 0 Å². The number of rotatable bonds is 6. The van der Waals surface area contributed by atoms with Crippen LogP contribution in [0.1, 0.15) is 23.6 Å². The molecule has 0 fully saturated rings. The Hall–Kier alpha value is -2.96. The van der Waals surface area contributed by atoms with Gasteiger partial charge in [0.05, 0.1) is 0 Å². The summed E-state index contributed by atoms with van der Waals surface area (Å²) < 4.78 is 26.5. The molecule has 0 aliphatic heterocycles. The van der Waals surface area contributed by atoms with Crippen LogP contribution in [0.15, 0.2) is 42.5 Å². The quantitative estimate of drug-likeness (QED) is 0.749. The van der Waals surface area contributed by atoms with Crippen LogP contribution in [-0.4, -0.2) is 24.0 Å². The first-order chi connectivity index (χ1) is 11.9. The molecule has 0 aromatic heterocycles. The molecule has 0 aliphatic rings. The van der Waals surface area contributed by atoms with Gasteiger partial charge in [0.15, 0.2) is 11.6 Å². The van der Waals surface area contributed by atoms with Crippen molar-refractivity contribution in [2.45, 2.75) is 18.9 Å². The van der Waals surface area contributed by atoms with Gasteiger partial charge in [-0.1, -0.05) is 24.3 Å². The van der Waals surface area contributed by atoms with Crippen LogP contribution < -0.4 is 10.6 Å². The van der Waals surface area contributed by atoms with Crippen LogP contribution >= 0.6 is 0 Å². The first kappa shape index (κ1) is 18.4. The molecule has 0 spiro atoms. The summed E-state index contributed by atoms with van der Waals surface area (Å²) >= 11 is 0. The number of aryl methyl sites for hydroxylation is 1. The van der Waals surface area contributed by atoms with E-state index in [1.165, 1.54) is 19.2 Å². The highest BCUT2D eigenvalue weighted by atomic mass is 19.2. The van der Waals surface area contributed by atoms with E-state index in [1.807, 2.05) is 0 Å². The first-order valence-electron chi connectivity index (χ1n) is 7.65. The minimum Gasteiger partial charge on any atom is -0.508 e. The molecule has 25 heavy (non-hydrogen) atoms. The monoisotopic (exact) mass is 348 g/mol. The number of hydrogen-bond donors (Lipinski definition) is 3. The van der Waals surface area contributed by atoms with E-state index >= 15 is 0 Å². The van der Waals surface area contributed by atoms with E-state index in [-0.39, 0.29) is 24.2 Å². The van der Waals surface area contributed by atoms with Crippen molar-refractivity contribution in [2.24, 2.45) is 0 Å². The highest BCUT2D eigenvalue weighted by Gasteiger charge is 2.23. The zero-order valence-electron chi connectivity index (χ0n) is 13.6. The molecule has 5 nitrogen and oxygen atoms in total. The van der Waals surface area contributed by atoms with Gasteiger partial charge in [0.1, 0.15) is 11.8 Å². The lowest BCUT2D eigenvalue weighted by atomic mass is 10.0. The largest absolute Gasteiger partial charge is 0.508 e. The van der Waals surface area contributed by atoms with Crippen LogP contribution in [0.4, 0.5) is 8.78 Å². The lowest BCUT2D eigenvalue weighted by Crippen LogP contribution is -2.39. The summed E-state index contributed by atoms with van der Waals surface area (Å²) in [6, 6.07) is 8.48. The molecule has 132 valence electrons. The van der Waals surface area contributed by atoms with Crippen molar-refractivity contribution in [3.63, 3.8) is 0 Å². The second kappa shape index (κ2) is 8.23. The van der Waals surface area contributed by atoms with Crippen molar-refractivity contribution in [2.75, 3.05) is 7.05 Å². The number of benzene rings is 2. The number of nitrogens with one attached hydrogen (secondary N) is 2. The Morgan fingerprint density at radius 3 is 2.48 bits per heavy atom.